The fourth-order valence-corrected chi connectivity index (χ4v) is 1.05. The Morgan fingerprint density at radius 1 is 1.33 bits per heavy atom. The minimum absolute atomic E-state index is 0.112. The van der Waals surface area contributed by atoms with Crippen molar-refractivity contribution in [3.8, 4) is 0 Å². The molecule has 0 bridgehead atoms. The predicted molar refractivity (Wildman–Crippen MR) is 61.0 cm³/mol. The minimum atomic E-state index is -0.112. The molecule has 0 atom stereocenters. The maximum Gasteiger partial charge on any atom is 0.251 e. The van der Waals surface area contributed by atoms with Crippen LogP contribution in [0.15, 0.2) is 29.3 Å². The molecule has 0 heterocycles. The van der Waals surface area contributed by atoms with E-state index in [1.165, 1.54) is 0 Å². The van der Waals surface area contributed by atoms with Crippen molar-refractivity contribution in [3.63, 3.8) is 0 Å². The van der Waals surface area contributed by atoms with E-state index in [9.17, 15) is 4.79 Å². The van der Waals surface area contributed by atoms with Crippen molar-refractivity contribution in [2.24, 2.45) is 10.7 Å². The summed E-state index contributed by atoms with van der Waals surface area (Å²) < 4.78 is 0. The van der Waals surface area contributed by atoms with Gasteiger partial charge in [-0.1, -0.05) is 0 Å². The monoisotopic (exact) mass is 206 g/mol. The molecule has 0 aliphatic heterocycles. The second kappa shape index (κ2) is 4.99. The smallest absolute Gasteiger partial charge is 0.251 e. The molecule has 1 aromatic carbocycles. The van der Waals surface area contributed by atoms with E-state index in [-0.39, 0.29) is 5.91 Å². The lowest BCUT2D eigenvalue weighted by molar-refractivity contribution is 0.0963. The van der Waals surface area contributed by atoms with E-state index in [1.807, 2.05) is 0 Å². The molecule has 1 rings (SSSR count). The van der Waals surface area contributed by atoms with Crippen LogP contribution >= 0.6 is 0 Å². The number of guanidine groups is 1. The van der Waals surface area contributed by atoms with Crippen LogP contribution in [0.4, 0.5) is 5.69 Å². The Morgan fingerprint density at radius 3 is 2.40 bits per heavy atom. The van der Waals surface area contributed by atoms with Gasteiger partial charge in [-0.15, -0.1) is 0 Å². The summed E-state index contributed by atoms with van der Waals surface area (Å²) >= 11 is 0. The SMILES string of the molecule is CN=C(N)Nc1ccc(C(=O)NC)cc1. The highest BCUT2D eigenvalue weighted by Crippen LogP contribution is 2.08. The van der Waals surface area contributed by atoms with Gasteiger partial charge in [-0.05, 0) is 24.3 Å². The van der Waals surface area contributed by atoms with Crippen molar-refractivity contribution in [1.29, 1.82) is 0 Å². The lowest BCUT2D eigenvalue weighted by Gasteiger charge is -2.05. The predicted octanol–water partition coefficient (Wildman–Crippen LogP) is 0.403. The van der Waals surface area contributed by atoms with Gasteiger partial charge in [0.15, 0.2) is 5.96 Å². The molecule has 0 spiro atoms. The summed E-state index contributed by atoms with van der Waals surface area (Å²) in [6, 6.07) is 6.96. The van der Waals surface area contributed by atoms with Crippen LogP contribution in [0, 0.1) is 0 Å². The molecule has 0 aliphatic rings. The van der Waals surface area contributed by atoms with Crippen LogP contribution in [0.2, 0.25) is 0 Å². The molecule has 15 heavy (non-hydrogen) atoms. The van der Waals surface area contributed by atoms with Crippen molar-refractivity contribution in [2.75, 3.05) is 19.4 Å². The first kappa shape index (κ1) is 11.0. The van der Waals surface area contributed by atoms with Gasteiger partial charge >= 0.3 is 0 Å². The van der Waals surface area contributed by atoms with Crippen LogP contribution in [0.1, 0.15) is 10.4 Å². The largest absolute Gasteiger partial charge is 0.370 e. The number of aliphatic imine (C=N–C) groups is 1. The first-order valence-electron chi connectivity index (χ1n) is 4.48. The van der Waals surface area contributed by atoms with Crippen molar-refractivity contribution in [2.45, 2.75) is 0 Å². The van der Waals surface area contributed by atoms with Crippen molar-refractivity contribution >= 4 is 17.6 Å². The summed E-state index contributed by atoms with van der Waals surface area (Å²) in [6.07, 6.45) is 0. The standard InChI is InChI=1S/C10H14N4O/c1-12-9(15)7-3-5-8(6-4-7)14-10(11)13-2/h3-6H,1-2H3,(H,12,15)(H3,11,13,14). The summed E-state index contributed by atoms with van der Waals surface area (Å²) in [6.45, 7) is 0. The molecule has 0 aliphatic carbocycles. The minimum Gasteiger partial charge on any atom is -0.370 e. The molecular weight excluding hydrogens is 192 g/mol. The third-order valence-electron chi connectivity index (χ3n) is 1.89. The van der Waals surface area contributed by atoms with E-state index in [0.29, 0.717) is 11.5 Å². The Hall–Kier alpha value is -2.04. The van der Waals surface area contributed by atoms with E-state index < -0.39 is 0 Å². The molecule has 0 aromatic heterocycles. The van der Waals surface area contributed by atoms with E-state index >= 15 is 0 Å². The van der Waals surface area contributed by atoms with Gasteiger partial charge in [-0.25, -0.2) is 0 Å². The number of carbonyl (C=O) groups is 1. The van der Waals surface area contributed by atoms with Gasteiger partial charge in [-0.2, -0.15) is 0 Å². The maximum atomic E-state index is 11.2. The number of hydrogen-bond acceptors (Lipinski definition) is 2. The zero-order chi connectivity index (χ0) is 11.3. The van der Waals surface area contributed by atoms with Crippen LogP contribution in [0.5, 0.6) is 0 Å². The fraction of sp³-hybridized carbons (Fsp3) is 0.200. The lowest BCUT2D eigenvalue weighted by Crippen LogP contribution is -2.22. The number of benzene rings is 1. The second-order valence-electron chi connectivity index (χ2n) is 2.89. The molecule has 5 heteroatoms. The van der Waals surface area contributed by atoms with E-state index in [2.05, 4.69) is 15.6 Å². The van der Waals surface area contributed by atoms with Gasteiger partial charge in [0.1, 0.15) is 0 Å². The second-order valence-corrected chi connectivity index (χ2v) is 2.89. The van der Waals surface area contributed by atoms with Crippen LogP contribution in [-0.4, -0.2) is 26.0 Å². The Balaban J connectivity index is 2.77. The summed E-state index contributed by atoms with van der Waals surface area (Å²) in [5.41, 5.74) is 6.89. The normalized spacial score (nSPS) is 10.9. The number of nitrogens with one attached hydrogen (secondary N) is 2. The topological polar surface area (TPSA) is 79.5 Å². The number of amides is 1. The van der Waals surface area contributed by atoms with Crippen molar-refractivity contribution < 1.29 is 4.79 Å². The van der Waals surface area contributed by atoms with Crippen molar-refractivity contribution in [3.05, 3.63) is 29.8 Å². The highest BCUT2D eigenvalue weighted by molar-refractivity contribution is 5.95. The summed E-state index contributed by atoms with van der Waals surface area (Å²) in [7, 11) is 3.19. The maximum absolute atomic E-state index is 11.2. The molecule has 80 valence electrons. The number of carbonyl (C=O) groups excluding carboxylic acids is 1. The number of nitrogens with zero attached hydrogens (tertiary/aromatic N) is 1. The molecule has 0 unspecified atom stereocenters. The molecule has 4 N–H and O–H groups in total. The third-order valence-corrected chi connectivity index (χ3v) is 1.89. The number of nitrogens with two attached hydrogens (primary N) is 1. The highest BCUT2D eigenvalue weighted by Gasteiger charge is 2.01. The summed E-state index contributed by atoms with van der Waals surface area (Å²) in [5.74, 6) is 0.223. The Labute approximate surface area is 88.4 Å². The number of anilines is 1. The van der Waals surface area contributed by atoms with Crippen LogP contribution in [-0.2, 0) is 0 Å². The average molecular weight is 206 g/mol. The zero-order valence-corrected chi connectivity index (χ0v) is 8.74. The lowest BCUT2D eigenvalue weighted by atomic mass is 10.2. The quantitative estimate of drug-likeness (QED) is 0.484. The summed E-state index contributed by atoms with van der Waals surface area (Å²) in [5, 5.41) is 5.42. The van der Waals surface area contributed by atoms with E-state index in [0.717, 1.165) is 5.69 Å². The van der Waals surface area contributed by atoms with Crippen LogP contribution in [0.25, 0.3) is 0 Å². The molecule has 0 saturated heterocycles. The first-order valence-corrected chi connectivity index (χ1v) is 4.48. The molecule has 0 saturated carbocycles. The van der Waals surface area contributed by atoms with Gasteiger partial charge in [0.25, 0.3) is 5.91 Å². The Kier molecular flexibility index (Phi) is 3.68. The number of hydrogen-bond donors (Lipinski definition) is 3. The van der Waals surface area contributed by atoms with E-state index in [1.54, 1.807) is 38.4 Å². The fourth-order valence-electron chi connectivity index (χ4n) is 1.05. The van der Waals surface area contributed by atoms with Gasteiger partial charge in [0.05, 0.1) is 0 Å². The molecule has 1 aromatic rings. The molecule has 0 radical (unpaired) electrons. The first-order chi connectivity index (χ1) is 7.17. The molecule has 5 nitrogen and oxygen atoms in total. The molecular formula is C10H14N4O. The van der Waals surface area contributed by atoms with Gasteiger partial charge in [-0.3, -0.25) is 9.79 Å². The molecule has 1 amide bonds. The van der Waals surface area contributed by atoms with Gasteiger partial charge in [0.2, 0.25) is 0 Å². The Morgan fingerprint density at radius 2 is 1.93 bits per heavy atom. The van der Waals surface area contributed by atoms with E-state index in [4.69, 9.17) is 5.73 Å². The van der Waals surface area contributed by atoms with Crippen molar-refractivity contribution in [1.82, 2.24) is 5.32 Å². The van der Waals surface area contributed by atoms with Gasteiger partial charge < -0.3 is 16.4 Å². The average Bonchev–Trinajstić information content (AvgIpc) is 2.29. The highest BCUT2D eigenvalue weighted by atomic mass is 16.1. The third kappa shape index (κ3) is 2.98. The van der Waals surface area contributed by atoms with Crippen LogP contribution < -0.4 is 16.4 Å². The Bertz CT molecular complexity index is 370. The number of rotatable bonds is 2. The van der Waals surface area contributed by atoms with Crippen LogP contribution in [0.3, 0.4) is 0 Å². The zero-order valence-electron chi connectivity index (χ0n) is 8.74. The van der Waals surface area contributed by atoms with Gasteiger partial charge in [0, 0.05) is 25.3 Å². The molecule has 0 fully saturated rings. The summed E-state index contributed by atoms with van der Waals surface area (Å²) in [4.78, 5) is 15.0.